The zero-order valence-electron chi connectivity index (χ0n) is 16.7. The molecule has 0 aliphatic carbocycles. The van der Waals surface area contributed by atoms with Gasteiger partial charge in [-0.2, -0.15) is 4.31 Å². The van der Waals surface area contributed by atoms with E-state index in [-0.39, 0.29) is 21.5 Å². The molecule has 30 heavy (non-hydrogen) atoms. The van der Waals surface area contributed by atoms with Crippen LogP contribution >= 0.6 is 11.6 Å². The number of nitrogens with zero attached hydrogens (tertiary/aromatic N) is 2. The molecule has 1 aromatic heterocycles. The Labute approximate surface area is 182 Å². The fourth-order valence-corrected chi connectivity index (χ4v) is 5.89. The van der Waals surface area contributed by atoms with Crippen molar-refractivity contribution in [3.05, 3.63) is 52.9 Å². The Balaban J connectivity index is 1.51. The minimum Gasteiger partial charge on any atom is -0.468 e. The zero-order chi connectivity index (χ0) is 21.1. The third-order valence-electron chi connectivity index (χ3n) is 5.79. The molecule has 162 valence electrons. The minimum atomic E-state index is -3.62. The summed E-state index contributed by atoms with van der Waals surface area (Å²) in [5, 5.41) is 3.15. The van der Waals surface area contributed by atoms with Crippen LogP contribution in [0.3, 0.4) is 0 Å². The third kappa shape index (κ3) is 4.42. The van der Waals surface area contributed by atoms with Gasteiger partial charge in [0.2, 0.25) is 10.0 Å². The smallest absolute Gasteiger partial charge is 0.252 e. The molecule has 4 rings (SSSR count). The van der Waals surface area contributed by atoms with Crippen molar-refractivity contribution in [3.8, 4) is 0 Å². The van der Waals surface area contributed by atoms with Crippen molar-refractivity contribution in [2.24, 2.45) is 0 Å². The maximum Gasteiger partial charge on any atom is 0.252 e. The lowest BCUT2D eigenvalue weighted by molar-refractivity contribution is 0.0933. The highest BCUT2D eigenvalue weighted by atomic mass is 35.5. The summed E-state index contributed by atoms with van der Waals surface area (Å²) in [7, 11) is -3.62. The lowest BCUT2D eigenvalue weighted by Gasteiger charge is -2.26. The van der Waals surface area contributed by atoms with E-state index in [2.05, 4.69) is 10.2 Å². The molecule has 2 aromatic rings. The Morgan fingerprint density at radius 1 is 1.10 bits per heavy atom. The monoisotopic (exact) mass is 451 g/mol. The fraction of sp³-hybridized carbons (Fsp3) is 0.476. The van der Waals surface area contributed by atoms with Gasteiger partial charge in [-0.15, -0.1) is 0 Å². The van der Waals surface area contributed by atoms with E-state index >= 15 is 0 Å². The van der Waals surface area contributed by atoms with Crippen LogP contribution in [0, 0.1) is 0 Å². The number of benzene rings is 1. The predicted molar refractivity (Wildman–Crippen MR) is 114 cm³/mol. The molecule has 0 saturated carbocycles. The summed E-state index contributed by atoms with van der Waals surface area (Å²) in [6.07, 6.45) is 5.57. The summed E-state index contributed by atoms with van der Waals surface area (Å²) in [6, 6.07) is 7.99. The largest absolute Gasteiger partial charge is 0.468 e. The number of sulfonamides is 1. The number of nitrogens with one attached hydrogen (secondary N) is 1. The second-order valence-corrected chi connectivity index (χ2v) is 10.1. The lowest BCUT2D eigenvalue weighted by Crippen LogP contribution is -2.36. The van der Waals surface area contributed by atoms with Crippen molar-refractivity contribution >= 4 is 27.5 Å². The molecule has 1 N–H and O–H groups in total. The molecule has 2 aliphatic heterocycles. The Morgan fingerprint density at radius 2 is 1.80 bits per heavy atom. The second-order valence-electron chi connectivity index (χ2n) is 7.74. The van der Waals surface area contributed by atoms with E-state index in [4.69, 9.17) is 16.0 Å². The van der Waals surface area contributed by atoms with Crippen molar-refractivity contribution in [2.45, 2.75) is 36.6 Å². The number of halogens is 1. The van der Waals surface area contributed by atoms with Gasteiger partial charge < -0.3 is 9.73 Å². The highest BCUT2D eigenvalue weighted by molar-refractivity contribution is 7.89. The fourth-order valence-electron chi connectivity index (χ4n) is 4.14. The number of hydrogen-bond donors (Lipinski definition) is 1. The van der Waals surface area contributed by atoms with Crippen LogP contribution in [0.1, 0.15) is 47.8 Å². The van der Waals surface area contributed by atoms with Crippen LogP contribution in [-0.4, -0.2) is 56.3 Å². The molecule has 2 aliphatic rings. The summed E-state index contributed by atoms with van der Waals surface area (Å²) in [5.74, 6) is 0.405. The lowest BCUT2D eigenvalue weighted by atomic mass is 10.1. The molecule has 0 bridgehead atoms. The van der Waals surface area contributed by atoms with E-state index in [1.54, 1.807) is 6.26 Å². The van der Waals surface area contributed by atoms with Crippen molar-refractivity contribution in [3.63, 3.8) is 0 Å². The molecule has 0 unspecified atom stereocenters. The van der Waals surface area contributed by atoms with Crippen LogP contribution in [0.4, 0.5) is 0 Å². The summed E-state index contributed by atoms with van der Waals surface area (Å²) in [4.78, 5) is 15.3. The molecule has 2 saturated heterocycles. The quantitative estimate of drug-likeness (QED) is 0.698. The van der Waals surface area contributed by atoms with Crippen LogP contribution in [0.25, 0.3) is 0 Å². The third-order valence-corrected chi connectivity index (χ3v) is 8.02. The summed E-state index contributed by atoms with van der Waals surface area (Å²) in [6.45, 7) is 3.27. The van der Waals surface area contributed by atoms with Gasteiger partial charge in [-0.3, -0.25) is 9.69 Å². The first-order valence-corrected chi connectivity index (χ1v) is 12.1. The van der Waals surface area contributed by atoms with Gasteiger partial charge in [0.1, 0.15) is 5.76 Å². The Hall–Kier alpha value is -1.87. The van der Waals surface area contributed by atoms with Gasteiger partial charge in [-0.25, -0.2) is 8.42 Å². The summed E-state index contributed by atoms with van der Waals surface area (Å²) >= 11 is 6.24. The Morgan fingerprint density at radius 3 is 2.47 bits per heavy atom. The van der Waals surface area contributed by atoms with E-state index in [0.29, 0.717) is 19.6 Å². The molecule has 3 heterocycles. The maximum atomic E-state index is 12.9. The number of furan rings is 1. The molecule has 1 amide bonds. The average molecular weight is 452 g/mol. The van der Waals surface area contributed by atoms with Crippen LogP contribution in [-0.2, 0) is 10.0 Å². The molecule has 7 nitrogen and oxygen atoms in total. The van der Waals surface area contributed by atoms with Crippen molar-refractivity contribution in [1.82, 2.24) is 14.5 Å². The van der Waals surface area contributed by atoms with E-state index in [1.807, 2.05) is 12.1 Å². The first-order chi connectivity index (χ1) is 14.5. The van der Waals surface area contributed by atoms with Crippen LogP contribution in [0.2, 0.25) is 5.02 Å². The predicted octanol–water partition coefficient (Wildman–Crippen LogP) is 3.28. The topological polar surface area (TPSA) is 82.9 Å². The van der Waals surface area contributed by atoms with Crippen LogP contribution in [0.15, 0.2) is 45.9 Å². The Kier molecular flexibility index (Phi) is 6.48. The van der Waals surface area contributed by atoms with Crippen molar-refractivity contribution in [1.29, 1.82) is 0 Å². The minimum absolute atomic E-state index is 0.0678. The Bertz CT molecular complexity index is 982. The number of carbonyl (C=O) groups excluding carboxylic acids is 1. The first-order valence-electron chi connectivity index (χ1n) is 10.3. The normalized spacial score (nSPS) is 19.2. The molecular weight excluding hydrogens is 426 g/mol. The van der Waals surface area contributed by atoms with Crippen molar-refractivity contribution < 1.29 is 17.6 Å². The first kappa shape index (κ1) is 21.4. The molecule has 0 radical (unpaired) electrons. The van der Waals surface area contributed by atoms with E-state index in [1.165, 1.54) is 22.5 Å². The molecule has 1 atom stereocenters. The number of hydrogen-bond acceptors (Lipinski definition) is 5. The molecule has 2 fully saturated rings. The van der Waals surface area contributed by atoms with E-state index in [0.717, 1.165) is 44.5 Å². The van der Waals surface area contributed by atoms with Gasteiger partial charge in [0.15, 0.2) is 0 Å². The van der Waals surface area contributed by atoms with Crippen molar-refractivity contribution in [2.75, 3.05) is 32.7 Å². The maximum absolute atomic E-state index is 12.9. The number of rotatable bonds is 7. The van der Waals surface area contributed by atoms with Gasteiger partial charge in [0.25, 0.3) is 5.91 Å². The summed E-state index contributed by atoms with van der Waals surface area (Å²) < 4.78 is 32.7. The van der Waals surface area contributed by atoms with Gasteiger partial charge >= 0.3 is 0 Å². The van der Waals surface area contributed by atoms with E-state index < -0.39 is 15.9 Å². The van der Waals surface area contributed by atoms with Gasteiger partial charge in [-0.05, 0) is 69.1 Å². The number of likely N-dealkylation sites (tertiary alicyclic amines) is 1. The van der Waals surface area contributed by atoms with Crippen LogP contribution in [0.5, 0.6) is 0 Å². The number of carbonyl (C=O) groups is 1. The number of amides is 1. The van der Waals surface area contributed by atoms with Gasteiger partial charge in [-0.1, -0.05) is 11.6 Å². The molecule has 1 aromatic carbocycles. The highest BCUT2D eigenvalue weighted by Crippen LogP contribution is 2.27. The van der Waals surface area contributed by atoms with Gasteiger partial charge in [0.05, 0.1) is 27.8 Å². The summed E-state index contributed by atoms with van der Waals surface area (Å²) in [5.41, 5.74) is 0.163. The average Bonchev–Trinajstić information content (AvgIpc) is 3.51. The second kappa shape index (κ2) is 9.09. The standard InChI is InChI=1S/C21H26ClN3O4S/c22-18-8-7-16(30(27,28)25-11-3-4-12-25)14-17(18)21(26)23-15-19(20-6-5-13-29-20)24-9-1-2-10-24/h5-8,13-14,19H,1-4,9-12,15H2,(H,23,26)/t19-/m0/s1. The zero-order valence-corrected chi connectivity index (χ0v) is 18.3. The highest BCUT2D eigenvalue weighted by Gasteiger charge is 2.29. The molecule has 9 heteroatoms. The van der Waals surface area contributed by atoms with Gasteiger partial charge in [0, 0.05) is 19.6 Å². The SMILES string of the molecule is O=C(NC[C@@H](c1ccco1)N1CCCC1)c1cc(S(=O)(=O)N2CCCC2)ccc1Cl. The molecular formula is C21H26ClN3O4S. The molecule has 0 spiro atoms. The van der Waals surface area contributed by atoms with Crippen LogP contribution < -0.4 is 5.32 Å². The van der Waals surface area contributed by atoms with E-state index in [9.17, 15) is 13.2 Å².